The summed E-state index contributed by atoms with van der Waals surface area (Å²) >= 11 is 6.23. The fourth-order valence-electron chi connectivity index (χ4n) is 4.94. The van der Waals surface area contributed by atoms with Crippen LogP contribution in [0.25, 0.3) is 28.2 Å². The molecule has 11 heteroatoms. The first-order valence-electron chi connectivity index (χ1n) is 12.0. The number of aryl methyl sites for hydroxylation is 1. The van der Waals surface area contributed by atoms with Gasteiger partial charge in [-0.05, 0) is 66.4 Å². The van der Waals surface area contributed by atoms with Gasteiger partial charge < -0.3 is 16.2 Å². The number of hydrogen-bond donors (Lipinski definition) is 3. The van der Waals surface area contributed by atoms with Crippen LogP contribution in [-0.4, -0.2) is 36.8 Å². The summed E-state index contributed by atoms with van der Waals surface area (Å²) in [5.41, 5.74) is 10.2. The molecule has 0 bridgehead atoms. The highest BCUT2D eigenvalue weighted by Gasteiger charge is 2.27. The molecule has 5 aromatic rings. The Morgan fingerprint density at radius 2 is 2.03 bits per heavy atom. The van der Waals surface area contributed by atoms with Gasteiger partial charge in [0.1, 0.15) is 28.1 Å². The summed E-state index contributed by atoms with van der Waals surface area (Å²) in [5.74, 6) is -1.23. The topological polar surface area (TPSA) is 136 Å². The first-order valence-corrected chi connectivity index (χ1v) is 12.4. The minimum absolute atomic E-state index is 0.163. The SMILES string of the molecule is Nc1ncccc1-c1nc2ccc(Cl)nc2n1-c1ccc2c(c1)CC[C@@H]2NC(=O)c1cc(C=O)c(O)cc1F. The number of nitrogens with one attached hydrogen (secondary N) is 1. The van der Waals surface area contributed by atoms with E-state index in [0.717, 1.165) is 28.9 Å². The third-order valence-corrected chi connectivity index (χ3v) is 7.02. The number of nitrogens with zero attached hydrogens (tertiary/aromatic N) is 4. The number of amides is 1. The molecule has 2 aromatic carbocycles. The number of carbonyl (C=O) groups is 2. The zero-order valence-corrected chi connectivity index (χ0v) is 21.0. The van der Waals surface area contributed by atoms with E-state index in [0.29, 0.717) is 52.7 Å². The molecule has 3 heterocycles. The summed E-state index contributed by atoms with van der Waals surface area (Å²) in [4.78, 5) is 37.5. The number of anilines is 1. The van der Waals surface area contributed by atoms with Crippen LogP contribution < -0.4 is 11.1 Å². The summed E-state index contributed by atoms with van der Waals surface area (Å²) < 4.78 is 16.3. The third kappa shape index (κ3) is 4.24. The molecule has 0 saturated heterocycles. The second-order valence-corrected chi connectivity index (χ2v) is 9.53. The Kier molecular flexibility index (Phi) is 5.96. The van der Waals surface area contributed by atoms with Crippen molar-refractivity contribution in [3.05, 3.63) is 94.0 Å². The Bertz CT molecular complexity index is 1800. The Morgan fingerprint density at radius 1 is 1.18 bits per heavy atom. The van der Waals surface area contributed by atoms with E-state index in [2.05, 4.69) is 15.3 Å². The van der Waals surface area contributed by atoms with Crippen LogP contribution >= 0.6 is 11.6 Å². The zero-order chi connectivity index (χ0) is 27.3. The van der Waals surface area contributed by atoms with E-state index in [9.17, 15) is 19.1 Å². The lowest BCUT2D eigenvalue weighted by Gasteiger charge is -2.16. The second-order valence-electron chi connectivity index (χ2n) is 9.14. The smallest absolute Gasteiger partial charge is 0.254 e. The van der Waals surface area contributed by atoms with Gasteiger partial charge in [0, 0.05) is 18.0 Å². The molecule has 3 aromatic heterocycles. The molecular weight excluding hydrogens is 523 g/mol. The normalized spacial score (nSPS) is 14.4. The first-order chi connectivity index (χ1) is 18.8. The van der Waals surface area contributed by atoms with Gasteiger partial charge in [-0.3, -0.25) is 14.2 Å². The van der Waals surface area contributed by atoms with Gasteiger partial charge in [0.15, 0.2) is 17.8 Å². The molecule has 0 unspecified atom stereocenters. The minimum atomic E-state index is -0.912. The van der Waals surface area contributed by atoms with Gasteiger partial charge in [0.2, 0.25) is 0 Å². The second kappa shape index (κ2) is 9.48. The van der Waals surface area contributed by atoms with Crippen LogP contribution in [-0.2, 0) is 6.42 Å². The molecule has 0 spiro atoms. The van der Waals surface area contributed by atoms with Crippen LogP contribution in [0.2, 0.25) is 5.15 Å². The van der Waals surface area contributed by atoms with Crippen molar-refractivity contribution in [3.63, 3.8) is 0 Å². The molecule has 194 valence electrons. The summed E-state index contributed by atoms with van der Waals surface area (Å²) in [6.45, 7) is 0. The number of rotatable bonds is 5. The van der Waals surface area contributed by atoms with Gasteiger partial charge in [0.05, 0.1) is 22.7 Å². The number of aromatic hydroxyl groups is 1. The Labute approximate surface area is 226 Å². The molecule has 0 saturated carbocycles. The molecule has 1 aliphatic rings. The molecule has 39 heavy (non-hydrogen) atoms. The number of nitrogens with two attached hydrogens (primary N) is 1. The molecule has 0 aliphatic heterocycles. The van der Waals surface area contributed by atoms with Crippen LogP contribution in [0.3, 0.4) is 0 Å². The molecule has 6 rings (SSSR count). The van der Waals surface area contributed by atoms with Crippen molar-refractivity contribution < 1.29 is 19.1 Å². The number of imidazole rings is 1. The summed E-state index contributed by atoms with van der Waals surface area (Å²) in [6.07, 6.45) is 3.24. The molecule has 4 N–H and O–H groups in total. The third-order valence-electron chi connectivity index (χ3n) is 6.81. The number of benzene rings is 2. The van der Waals surface area contributed by atoms with Crippen LogP contribution in [0.15, 0.2) is 60.8 Å². The number of fused-ring (bicyclic) bond motifs is 2. The Balaban J connectivity index is 1.38. The summed E-state index contributed by atoms with van der Waals surface area (Å²) in [6, 6.07) is 14.3. The maximum atomic E-state index is 14.4. The monoisotopic (exact) mass is 542 g/mol. The van der Waals surface area contributed by atoms with Crippen molar-refractivity contribution in [2.75, 3.05) is 5.73 Å². The van der Waals surface area contributed by atoms with Crippen LogP contribution in [0.4, 0.5) is 10.2 Å². The highest BCUT2D eigenvalue weighted by Crippen LogP contribution is 2.36. The molecule has 1 aliphatic carbocycles. The van der Waals surface area contributed by atoms with E-state index in [1.54, 1.807) is 24.4 Å². The molecule has 0 fully saturated rings. The number of phenols is 1. The molecular formula is C28H20ClFN6O3. The van der Waals surface area contributed by atoms with Crippen molar-refractivity contribution in [1.82, 2.24) is 24.8 Å². The van der Waals surface area contributed by atoms with E-state index >= 15 is 0 Å². The lowest BCUT2D eigenvalue weighted by atomic mass is 10.1. The quantitative estimate of drug-likeness (QED) is 0.214. The number of hydrogen-bond acceptors (Lipinski definition) is 7. The summed E-state index contributed by atoms with van der Waals surface area (Å²) in [7, 11) is 0. The molecule has 1 amide bonds. The fraction of sp³-hybridized carbons (Fsp3) is 0.107. The van der Waals surface area contributed by atoms with E-state index in [1.807, 2.05) is 28.8 Å². The standard InChI is InChI=1S/C28H20ClFN6O3/c29-24-8-7-22-27(35-24)36(26(33-22)18-2-1-9-32-25(18)31)16-4-5-17-14(10-16)3-6-21(17)34-28(39)19-11-15(13-37)23(38)12-20(19)30/h1-2,4-5,7-13,21,38H,3,6H2,(H2,31,32)(H,34,39)/t21-/m0/s1. The van der Waals surface area contributed by atoms with Gasteiger partial charge in [0.25, 0.3) is 5.91 Å². The average molecular weight is 543 g/mol. The van der Waals surface area contributed by atoms with Crippen LogP contribution in [0, 0.1) is 5.82 Å². The van der Waals surface area contributed by atoms with Gasteiger partial charge in [-0.2, -0.15) is 0 Å². The van der Waals surface area contributed by atoms with Crippen molar-refractivity contribution in [2.24, 2.45) is 0 Å². The van der Waals surface area contributed by atoms with E-state index in [-0.39, 0.29) is 17.2 Å². The van der Waals surface area contributed by atoms with Crippen LogP contribution in [0.5, 0.6) is 5.75 Å². The van der Waals surface area contributed by atoms with Crippen molar-refractivity contribution in [1.29, 1.82) is 0 Å². The number of aromatic nitrogens is 4. The van der Waals surface area contributed by atoms with Crippen molar-refractivity contribution in [3.8, 4) is 22.8 Å². The highest BCUT2D eigenvalue weighted by atomic mass is 35.5. The minimum Gasteiger partial charge on any atom is -0.507 e. The average Bonchev–Trinajstić information content (AvgIpc) is 3.49. The van der Waals surface area contributed by atoms with Crippen molar-refractivity contribution >= 4 is 40.8 Å². The lowest BCUT2D eigenvalue weighted by Crippen LogP contribution is -2.28. The van der Waals surface area contributed by atoms with Gasteiger partial charge in [-0.15, -0.1) is 0 Å². The number of halogens is 2. The van der Waals surface area contributed by atoms with E-state index < -0.39 is 17.5 Å². The first kappa shape index (κ1) is 24.5. The predicted molar refractivity (Wildman–Crippen MR) is 143 cm³/mol. The van der Waals surface area contributed by atoms with Crippen molar-refractivity contribution in [2.45, 2.75) is 18.9 Å². The highest BCUT2D eigenvalue weighted by molar-refractivity contribution is 6.29. The van der Waals surface area contributed by atoms with E-state index in [1.165, 1.54) is 0 Å². The number of phenolic OH excluding ortho intramolecular Hbond substituents is 1. The van der Waals surface area contributed by atoms with Gasteiger partial charge in [-0.25, -0.2) is 19.3 Å². The Hall–Kier alpha value is -4.83. The van der Waals surface area contributed by atoms with E-state index in [4.69, 9.17) is 22.3 Å². The largest absolute Gasteiger partial charge is 0.507 e. The molecule has 1 atom stereocenters. The Morgan fingerprint density at radius 3 is 2.82 bits per heavy atom. The number of nitrogen functional groups attached to an aromatic ring is 1. The summed E-state index contributed by atoms with van der Waals surface area (Å²) in [5, 5.41) is 12.8. The van der Waals surface area contributed by atoms with Gasteiger partial charge >= 0.3 is 0 Å². The maximum absolute atomic E-state index is 14.4. The predicted octanol–water partition coefficient (Wildman–Crippen LogP) is 4.79. The lowest BCUT2D eigenvalue weighted by molar-refractivity contribution is 0.0932. The number of aldehydes is 1. The van der Waals surface area contributed by atoms with Crippen LogP contribution in [0.1, 0.15) is 44.3 Å². The van der Waals surface area contributed by atoms with Gasteiger partial charge in [-0.1, -0.05) is 17.7 Å². The molecule has 9 nitrogen and oxygen atoms in total. The number of carbonyl (C=O) groups excluding carboxylic acids is 2. The molecule has 0 radical (unpaired) electrons. The fourth-order valence-corrected chi connectivity index (χ4v) is 5.09. The number of pyridine rings is 2. The maximum Gasteiger partial charge on any atom is 0.254 e. The zero-order valence-electron chi connectivity index (χ0n) is 20.2.